The molecule has 0 unspecified atom stereocenters. The SMILES string of the molecule is CC(=O)CC1=C(C)C(O)=C(C)C(=O)C1=O. The van der Waals surface area contributed by atoms with Gasteiger partial charge in [-0.2, -0.15) is 0 Å². The zero-order valence-corrected chi connectivity index (χ0v) is 8.88. The molecule has 0 aromatic heterocycles. The van der Waals surface area contributed by atoms with E-state index in [4.69, 9.17) is 0 Å². The van der Waals surface area contributed by atoms with Gasteiger partial charge >= 0.3 is 0 Å². The van der Waals surface area contributed by atoms with Crippen LogP contribution in [-0.4, -0.2) is 22.5 Å². The predicted octanol–water partition coefficient (Wildman–Crippen LogP) is 1.27. The molecule has 0 aromatic rings. The molecule has 1 aliphatic carbocycles. The second-order valence-electron chi connectivity index (χ2n) is 3.61. The highest BCUT2D eigenvalue weighted by molar-refractivity contribution is 6.50. The van der Waals surface area contributed by atoms with Crippen molar-refractivity contribution in [2.45, 2.75) is 27.2 Å². The Kier molecular flexibility index (Phi) is 2.88. The van der Waals surface area contributed by atoms with E-state index in [9.17, 15) is 19.5 Å². The summed E-state index contributed by atoms with van der Waals surface area (Å²) in [5.74, 6) is -1.80. The molecule has 1 aliphatic rings. The summed E-state index contributed by atoms with van der Waals surface area (Å²) >= 11 is 0. The third-order valence-corrected chi connectivity index (χ3v) is 2.41. The Balaban J connectivity index is 3.28. The Morgan fingerprint density at radius 3 is 2.13 bits per heavy atom. The molecule has 15 heavy (non-hydrogen) atoms. The van der Waals surface area contributed by atoms with Gasteiger partial charge in [0, 0.05) is 17.6 Å². The molecule has 1 rings (SSSR count). The van der Waals surface area contributed by atoms with E-state index in [2.05, 4.69) is 0 Å². The van der Waals surface area contributed by atoms with Gasteiger partial charge in [0.05, 0.1) is 0 Å². The van der Waals surface area contributed by atoms with E-state index in [0.29, 0.717) is 5.57 Å². The zero-order chi connectivity index (χ0) is 11.7. The maximum Gasteiger partial charge on any atom is 0.232 e. The predicted molar refractivity (Wildman–Crippen MR) is 53.3 cm³/mol. The van der Waals surface area contributed by atoms with Crippen LogP contribution < -0.4 is 0 Å². The molecule has 0 aliphatic heterocycles. The van der Waals surface area contributed by atoms with Crippen molar-refractivity contribution in [1.82, 2.24) is 0 Å². The highest BCUT2D eigenvalue weighted by Crippen LogP contribution is 2.25. The van der Waals surface area contributed by atoms with Gasteiger partial charge < -0.3 is 5.11 Å². The van der Waals surface area contributed by atoms with Crippen LogP contribution in [0.4, 0.5) is 0 Å². The summed E-state index contributed by atoms with van der Waals surface area (Å²) < 4.78 is 0. The van der Waals surface area contributed by atoms with Gasteiger partial charge in [0.2, 0.25) is 11.6 Å². The zero-order valence-electron chi connectivity index (χ0n) is 8.88. The van der Waals surface area contributed by atoms with Crippen molar-refractivity contribution in [1.29, 1.82) is 0 Å². The fraction of sp³-hybridized carbons (Fsp3) is 0.364. The van der Waals surface area contributed by atoms with Crippen molar-refractivity contribution < 1.29 is 19.5 Å². The summed E-state index contributed by atoms with van der Waals surface area (Å²) in [6.07, 6.45) is -0.103. The maximum absolute atomic E-state index is 11.5. The van der Waals surface area contributed by atoms with Gasteiger partial charge in [-0.1, -0.05) is 0 Å². The monoisotopic (exact) mass is 208 g/mol. The van der Waals surface area contributed by atoms with Crippen LogP contribution >= 0.6 is 0 Å². The first-order valence-corrected chi connectivity index (χ1v) is 4.54. The molecule has 0 radical (unpaired) electrons. The number of aliphatic hydroxyl groups is 1. The summed E-state index contributed by atoms with van der Waals surface area (Å²) in [4.78, 5) is 33.8. The molecule has 0 amide bonds. The van der Waals surface area contributed by atoms with Crippen molar-refractivity contribution in [2.24, 2.45) is 0 Å². The number of allylic oxidation sites excluding steroid dienone is 3. The Morgan fingerprint density at radius 1 is 1.13 bits per heavy atom. The van der Waals surface area contributed by atoms with Crippen LogP contribution in [0.2, 0.25) is 0 Å². The summed E-state index contributed by atoms with van der Waals surface area (Å²) in [6, 6.07) is 0. The maximum atomic E-state index is 11.5. The lowest BCUT2D eigenvalue weighted by Crippen LogP contribution is -2.25. The van der Waals surface area contributed by atoms with E-state index in [1.165, 1.54) is 20.8 Å². The molecule has 0 heterocycles. The fourth-order valence-corrected chi connectivity index (χ4v) is 1.47. The van der Waals surface area contributed by atoms with Gasteiger partial charge in [0.15, 0.2) is 0 Å². The van der Waals surface area contributed by atoms with Gasteiger partial charge in [0.1, 0.15) is 11.5 Å². The van der Waals surface area contributed by atoms with Crippen LogP contribution in [0.5, 0.6) is 0 Å². The van der Waals surface area contributed by atoms with Gasteiger partial charge in [-0.15, -0.1) is 0 Å². The number of hydrogen-bond acceptors (Lipinski definition) is 4. The minimum atomic E-state index is -0.727. The minimum absolute atomic E-state index is 0.0461. The highest BCUT2D eigenvalue weighted by Gasteiger charge is 2.31. The van der Waals surface area contributed by atoms with E-state index in [1.807, 2.05) is 0 Å². The van der Waals surface area contributed by atoms with Crippen LogP contribution in [0, 0.1) is 0 Å². The number of ketones is 3. The first-order valence-electron chi connectivity index (χ1n) is 4.54. The second-order valence-corrected chi connectivity index (χ2v) is 3.61. The van der Waals surface area contributed by atoms with Crippen LogP contribution in [0.1, 0.15) is 27.2 Å². The Hall–Kier alpha value is -1.71. The lowest BCUT2D eigenvalue weighted by atomic mass is 9.87. The lowest BCUT2D eigenvalue weighted by Gasteiger charge is -2.16. The Bertz CT molecular complexity index is 424. The summed E-state index contributed by atoms with van der Waals surface area (Å²) in [7, 11) is 0. The third-order valence-electron chi connectivity index (χ3n) is 2.41. The fourth-order valence-electron chi connectivity index (χ4n) is 1.47. The van der Waals surface area contributed by atoms with Crippen molar-refractivity contribution in [3.8, 4) is 0 Å². The molecule has 0 spiro atoms. The van der Waals surface area contributed by atoms with E-state index >= 15 is 0 Å². The molecule has 80 valence electrons. The number of carbonyl (C=O) groups excluding carboxylic acids is 3. The Morgan fingerprint density at radius 2 is 1.67 bits per heavy atom. The minimum Gasteiger partial charge on any atom is -0.507 e. The van der Waals surface area contributed by atoms with E-state index in [-0.39, 0.29) is 29.1 Å². The number of carbonyl (C=O) groups is 3. The van der Waals surface area contributed by atoms with E-state index < -0.39 is 11.6 Å². The van der Waals surface area contributed by atoms with Gasteiger partial charge in [-0.05, 0) is 26.3 Å². The quantitative estimate of drug-likeness (QED) is 0.548. The molecule has 0 aromatic carbocycles. The number of hydrogen-bond donors (Lipinski definition) is 1. The number of Topliss-reactive ketones (excluding diaryl/α,β-unsaturated/α-hetero) is 3. The van der Waals surface area contributed by atoms with Crippen molar-refractivity contribution in [3.05, 3.63) is 22.5 Å². The van der Waals surface area contributed by atoms with Crippen molar-refractivity contribution in [2.75, 3.05) is 0 Å². The Labute approximate surface area is 87.3 Å². The average molecular weight is 208 g/mol. The molecule has 0 bridgehead atoms. The first kappa shape index (κ1) is 11.4. The van der Waals surface area contributed by atoms with Gasteiger partial charge in [-0.3, -0.25) is 14.4 Å². The standard InChI is InChI=1S/C11H12O4/c1-5(12)4-8-6(2)9(13)7(3)10(14)11(8)15/h13H,4H2,1-3H3. The molecule has 4 nitrogen and oxygen atoms in total. The highest BCUT2D eigenvalue weighted by atomic mass is 16.3. The van der Waals surface area contributed by atoms with Crippen LogP contribution in [0.3, 0.4) is 0 Å². The van der Waals surface area contributed by atoms with Gasteiger partial charge in [-0.25, -0.2) is 0 Å². The largest absolute Gasteiger partial charge is 0.507 e. The van der Waals surface area contributed by atoms with Crippen molar-refractivity contribution in [3.63, 3.8) is 0 Å². The summed E-state index contributed by atoms with van der Waals surface area (Å²) in [5.41, 5.74) is 0.479. The lowest BCUT2D eigenvalue weighted by molar-refractivity contribution is -0.132. The normalized spacial score (nSPS) is 17.5. The summed E-state index contributed by atoms with van der Waals surface area (Å²) in [5, 5.41) is 9.56. The molecule has 0 saturated carbocycles. The van der Waals surface area contributed by atoms with E-state index in [0.717, 1.165) is 0 Å². The molecular weight excluding hydrogens is 196 g/mol. The van der Waals surface area contributed by atoms with Crippen LogP contribution in [0.25, 0.3) is 0 Å². The molecule has 4 heteroatoms. The average Bonchev–Trinajstić information content (AvgIpc) is 2.18. The molecule has 0 fully saturated rings. The van der Waals surface area contributed by atoms with Crippen LogP contribution in [0.15, 0.2) is 22.5 Å². The van der Waals surface area contributed by atoms with Crippen molar-refractivity contribution >= 4 is 17.3 Å². The number of rotatable bonds is 2. The molecule has 0 saturated heterocycles. The van der Waals surface area contributed by atoms with Crippen LogP contribution in [-0.2, 0) is 14.4 Å². The topological polar surface area (TPSA) is 71.4 Å². The van der Waals surface area contributed by atoms with Gasteiger partial charge in [0.25, 0.3) is 0 Å². The molecular formula is C11H12O4. The smallest absolute Gasteiger partial charge is 0.232 e. The molecule has 1 N–H and O–H groups in total. The first-order chi connectivity index (χ1) is 6.86. The second kappa shape index (κ2) is 3.81. The molecule has 0 atom stereocenters. The van der Waals surface area contributed by atoms with E-state index in [1.54, 1.807) is 0 Å². The summed E-state index contributed by atoms with van der Waals surface area (Å²) in [6.45, 7) is 4.26. The number of aliphatic hydroxyl groups excluding tert-OH is 1. The third kappa shape index (κ3) is 1.88.